The maximum Gasteiger partial charge on any atom is 0.0515 e. The van der Waals surface area contributed by atoms with Gasteiger partial charge >= 0.3 is 0 Å². The van der Waals surface area contributed by atoms with Crippen LogP contribution in [0.15, 0.2) is 22.5 Å². The van der Waals surface area contributed by atoms with Crippen molar-refractivity contribution < 1.29 is 0 Å². The maximum atomic E-state index is 6.05. The lowest BCUT2D eigenvalue weighted by Gasteiger charge is -2.12. The van der Waals surface area contributed by atoms with Crippen LogP contribution < -0.4 is 11.1 Å². The molecule has 3 heteroatoms. The molecule has 0 amide bonds. The Labute approximate surface area is 78.5 Å². The van der Waals surface area contributed by atoms with E-state index in [1.807, 2.05) is 13.0 Å². The highest BCUT2D eigenvalue weighted by Gasteiger charge is 2.14. The van der Waals surface area contributed by atoms with Crippen LogP contribution in [0, 0.1) is 5.92 Å². The summed E-state index contributed by atoms with van der Waals surface area (Å²) in [6.07, 6.45) is 2.90. The molecule has 1 rings (SSSR count). The van der Waals surface area contributed by atoms with Gasteiger partial charge in [-0.1, -0.05) is 18.5 Å². The van der Waals surface area contributed by atoms with Crippen molar-refractivity contribution in [2.24, 2.45) is 11.7 Å². The first-order valence-corrected chi connectivity index (χ1v) is 4.60. The SMILES string of the molecule is CCC1CNC(C)=C(N)C=C1Cl. The topological polar surface area (TPSA) is 38.0 Å². The molecule has 12 heavy (non-hydrogen) atoms. The lowest BCUT2D eigenvalue weighted by atomic mass is 10.1. The highest BCUT2D eigenvalue weighted by atomic mass is 35.5. The summed E-state index contributed by atoms with van der Waals surface area (Å²) >= 11 is 6.05. The molecule has 1 atom stereocenters. The average molecular weight is 187 g/mol. The van der Waals surface area contributed by atoms with Crippen molar-refractivity contribution in [1.82, 2.24) is 5.32 Å². The largest absolute Gasteiger partial charge is 0.397 e. The highest BCUT2D eigenvalue weighted by Crippen LogP contribution is 2.22. The fourth-order valence-electron chi connectivity index (χ4n) is 1.19. The zero-order chi connectivity index (χ0) is 9.14. The van der Waals surface area contributed by atoms with Crippen molar-refractivity contribution in [1.29, 1.82) is 0 Å². The lowest BCUT2D eigenvalue weighted by Crippen LogP contribution is -2.20. The summed E-state index contributed by atoms with van der Waals surface area (Å²) in [5, 5.41) is 4.10. The molecular weight excluding hydrogens is 172 g/mol. The van der Waals surface area contributed by atoms with Gasteiger partial charge in [-0.3, -0.25) is 0 Å². The van der Waals surface area contributed by atoms with Gasteiger partial charge < -0.3 is 11.1 Å². The number of hydrogen-bond donors (Lipinski definition) is 2. The van der Waals surface area contributed by atoms with Crippen LogP contribution in [0.25, 0.3) is 0 Å². The Bertz CT molecular complexity index is 231. The molecule has 0 saturated carbocycles. The zero-order valence-electron chi connectivity index (χ0n) is 7.52. The maximum absolute atomic E-state index is 6.05. The molecule has 1 aliphatic rings. The van der Waals surface area contributed by atoms with Crippen LogP contribution in [-0.2, 0) is 0 Å². The summed E-state index contributed by atoms with van der Waals surface area (Å²) in [7, 11) is 0. The minimum Gasteiger partial charge on any atom is -0.397 e. The standard InChI is InChI=1S/C9H15ClN2/c1-3-7-5-12-6(2)9(11)4-8(7)10/h4,7,12H,3,5,11H2,1-2H3. The van der Waals surface area contributed by atoms with Crippen molar-refractivity contribution in [3.05, 3.63) is 22.5 Å². The number of rotatable bonds is 1. The molecule has 68 valence electrons. The predicted octanol–water partition coefficient (Wildman–Crippen LogP) is 1.93. The smallest absolute Gasteiger partial charge is 0.0515 e. The van der Waals surface area contributed by atoms with Crippen LogP contribution in [0.2, 0.25) is 0 Å². The minimum absolute atomic E-state index is 0.405. The van der Waals surface area contributed by atoms with Gasteiger partial charge in [0, 0.05) is 23.2 Å². The Morgan fingerprint density at radius 3 is 3.00 bits per heavy atom. The van der Waals surface area contributed by atoms with E-state index >= 15 is 0 Å². The second kappa shape index (κ2) is 3.85. The Morgan fingerprint density at radius 2 is 2.42 bits per heavy atom. The molecule has 3 N–H and O–H groups in total. The Hall–Kier alpha value is -0.630. The second-order valence-corrected chi connectivity index (χ2v) is 3.53. The molecule has 0 aliphatic carbocycles. The fourth-order valence-corrected chi connectivity index (χ4v) is 1.54. The highest BCUT2D eigenvalue weighted by molar-refractivity contribution is 6.30. The van der Waals surface area contributed by atoms with Crippen molar-refractivity contribution in [3.8, 4) is 0 Å². The first kappa shape index (κ1) is 9.46. The summed E-state index contributed by atoms with van der Waals surface area (Å²) in [5.74, 6) is 0.405. The van der Waals surface area contributed by atoms with Crippen molar-refractivity contribution in [2.45, 2.75) is 20.3 Å². The molecule has 0 bridgehead atoms. The summed E-state index contributed by atoms with van der Waals surface area (Å²) in [6, 6.07) is 0. The van der Waals surface area contributed by atoms with Crippen molar-refractivity contribution in [2.75, 3.05) is 6.54 Å². The number of nitrogens with one attached hydrogen (secondary N) is 1. The van der Waals surface area contributed by atoms with Gasteiger partial charge in [0.15, 0.2) is 0 Å². The van der Waals surface area contributed by atoms with E-state index in [9.17, 15) is 0 Å². The second-order valence-electron chi connectivity index (χ2n) is 3.10. The zero-order valence-corrected chi connectivity index (χ0v) is 8.28. The first-order valence-electron chi connectivity index (χ1n) is 4.22. The first-order chi connectivity index (χ1) is 5.65. The van der Waals surface area contributed by atoms with Gasteiger partial charge in [-0.15, -0.1) is 0 Å². The van der Waals surface area contributed by atoms with Crippen LogP contribution in [0.4, 0.5) is 0 Å². The number of halogens is 1. The van der Waals surface area contributed by atoms with E-state index in [-0.39, 0.29) is 0 Å². The molecule has 1 heterocycles. The molecule has 0 spiro atoms. The van der Waals surface area contributed by atoms with Gasteiger partial charge in [0.2, 0.25) is 0 Å². The van der Waals surface area contributed by atoms with Crippen molar-refractivity contribution in [3.63, 3.8) is 0 Å². The number of nitrogens with two attached hydrogens (primary N) is 1. The van der Waals surface area contributed by atoms with E-state index in [2.05, 4.69) is 12.2 Å². The summed E-state index contributed by atoms with van der Waals surface area (Å²) in [6.45, 7) is 4.98. The third-order valence-electron chi connectivity index (χ3n) is 2.22. The van der Waals surface area contributed by atoms with Gasteiger partial charge in [-0.25, -0.2) is 0 Å². The number of hydrogen-bond acceptors (Lipinski definition) is 2. The average Bonchev–Trinajstić information content (AvgIpc) is 2.14. The number of allylic oxidation sites excluding steroid dienone is 2. The fraction of sp³-hybridized carbons (Fsp3) is 0.556. The van der Waals surface area contributed by atoms with E-state index in [0.29, 0.717) is 5.92 Å². The van der Waals surface area contributed by atoms with Crippen LogP contribution in [0.1, 0.15) is 20.3 Å². The molecule has 0 fully saturated rings. The monoisotopic (exact) mass is 186 g/mol. The van der Waals surface area contributed by atoms with E-state index in [1.54, 1.807) is 0 Å². The molecule has 0 radical (unpaired) electrons. The lowest BCUT2D eigenvalue weighted by molar-refractivity contribution is 0.578. The summed E-state index contributed by atoms with van der Waals surface area (Å²) in [4.78, 5) is 0. The third kappa shape index (κ3) is 1.95. The van der Waals surface area contributed by atoms with Crippen molar-refractivity contribution >= 4 is 11.6 Å². The Morgan fingerprint density at radius 1 is 1.75 bits per heavy atom. The summed E-state index contributed by atoms with van der Waals surface area (Å²) < 4.78 is 0. The van der Waals surface area contributed by atoms with E-state index in [4.69, 9.17) is 17.3 Å². The van der Waals surface area contributed by atoms with E-state index in [1.165, 1.54) is 0 Å². The van der Waals surface area contributed by atoms with Crippen LogP contribution in [0.3, 0.4) is 0 Å². The Balaban J connectivity index is 2.83. The summed E-state index contributed by atoms with van der Waals surface area (Å²) in [5.41, 5.74) is 7.51. The van der Waals surface area contributed by atoms with E-state index in [0.717, 1.165) is 29.4 Å². The van der Waals surface area contributed by atoms with Gasteiger partial charge in [-0.2, -0.15) is 0 Å². The molecular formula is C9H15ClN2. The molecule has 1 aliphatic heterocycles. The minimum atomic E-state index is 0.405. The van der Waals surface area contributed by atoms with Gasteiger partial charge in [0.1, 0.15) is 0 Å². The van der Waals surface area contributed by atoms with Crippen LogP contribution in [-0.4, -0.2) is 6.54 Å². The molecule has 0 aromatic carbocycles. The van der Waals surface area contributed by atoms with Crippen LogP contribution >= 0.6 is 11.6 Å². The van der Waals surface area contributed by atoms with Gasteiger partial charge in [-0.05, 0) is 19.4 Å². The van der Waals surface area contributed by atoms with Gasteiger partial charge in [0.05, 0.1) is 5.70 Å². The molecule has 0 saturated heterocycles. The third-order valence-corrected chi connectivity index (χ3v) is 2.64. The molecule has 1 unspecified atom stereocenters. The molecule has 0 aromatic heterocycles. The van der Waals surface area contributed by atoms with Crippen LogP contribution in [0.5, 0.6) is 0 Å². The molecule has 2 nitrogen and oxygen atoms in total. The molecule has 0 aromatic rings. The Kier molecular flexibility index (Phi) is 3.04. The normalized spacial score (nSPS) is 24.6. The van der Waals surface area contributed by atoms with Gasteiger partial charge in [0.25, 0.3) is 0 Å². The predicted molar refractivity (Wildman–Crippen MR) is 52.6 cm³/mol. The van der Waals surface area contributed by atoms with E-state index < -0.39 is 0 Å². The quantitative estimate of drug-likeness (QED) is 0.657.